The van der Waals surface area contributed by atoms with Crippen LogP contribution in [0.15, 0.2) is 168 Å². The molecule has 0 saturated carbocycles. The summed E-state index contributed by atoms with van der Waals surface area (Å²) in [5, 5.41) is 7.13. The molecule has 0 saturated heterocycles. The van der Waals surface area contributed by atoms with Crippen LogP contribution in [0, 0.1) is 5.92 Å². The van der Waals surface area contributed by atoms with Gasteiger partial charge in [0.15, 0.2) is 0 Å². The molecule has 0 aliphatic heterocycles. The fraction of sp³-hybridized carbons (Fsp3) is 0.0476. The lowest BCUT2D eigenvalue weighted by Gasteiger charge is -2.27. The molecular weight excluding hydrogens is 534 g/mol. The average molecular weight is 564 g/mol. The maximum Gasteiger partial charge on any atom is 0.137 e. The highest BCUT2D eigenvalue weighted by Crippen LogP contribution is 2.44. The van der Waals surface area contributed by atoms with Crippen molar-refractivity contribution >= 4 is 66.1 Å². The van der Waals surface area contributed by atoms with Crippen molar-refractivity contribution in [3.8, 4) is 0 Å². The zero-order valence-electron chi connectivity index (χ0n) is 24.2. The molecule has 0 bridgehead atoms. The molecular formula is C42H29NO. The summed E-state index contributed by atoms with van der Waals surface area (Å²) >= 11 is 0. The Hall–Kier alpha value is -5.60. The van der Waals surface area contributed by atoms with Gasteiger partial charge in [0, 0.05) is 22.7 Å². The van der Waals surface area contributed by atoms with Gasteiger partial charge in [-0.05, 0) is 93.2 Å². The van der Waals surface area contributed by atoms with E-state index in [1.165, 1.54) is 38.3 Å². The molecule has 0 fully saturated rings. The monoisotopic (exact) mass is 563 g/mol. The van der Waals surface area contributed by atoms with Crippen LogP contribution in [0.1, 0.15) is 12.0 Å². The van der Waals surface area contributed by atoms with Gasteiger partial charge in [-0.15, -0.1) is 0 Å². The van der Waals surface area contributed by atoms with Crippen molar-refractivity contribution in [2.75, 3.05) is 4.90 Å². The van der Waals surface area contributed by atoms with Crippen molar-refractivity contribution in [2.24, 2.45) is 5.92 Å². The van der Waals surface area contributed by atoms with E-state index in [9.17, 15) is 0 Å². The number of hydrogen-bond donors (Lipinski definition) is 0. The molecule has 0 radical (unpaired) electrons. The van der Waals surface area contributed by atoms with Crippen molar-refractivity contribution in [3.05, 3.63) is 169 Å². The molecule has 208 valence electrons. The van der Waals surface area contributed by atoms with Crippen LogP contribution in [0.25, 0.3) is 49.1 Å². The van der Waals surface area contributed by atoms with Gasteiger partial charge < -0.3 is 9.32 Å². The first-order chi connectivity index (χ1) is 21.8. The summed E-state index contributed by atoms with van der Waals surface area (Å²) in [4.78, 5) is 2.38. The summed E-state index contributed by atoms with van der Waals surface area (Å²) in [5.74, 6) is 0.504. The maximum atomic E-state index is 6.31. The molecule has 1 atom stereocenters. The smallest absolute Gasteiger partial charge is 0.137 e. The largest absolute Gasteiger partial charge is 0.456 e. The summed E-state index contributed by atoms with van der Waals surface area (Å²) in [6, 6.07) is 43.6. The third-order valence-electron chi connectivity index (χ3n) is 9.11. The molecule has 2 aliphatic carbocycles. The molecule has 44 heavy (non-hydrogen) atoms. The van der Waals surface area contributed by atoms with Gasteiger partial charge in [-0.2, -0.15) is 0 Å². The lowest BCUT2D eigenvalue weighted by molar-refractivity contribution is 0.669. The maximum absolute atomic E-state index is 6.31. The number of hydrogen-bond acceptors (Lipinski definition) is 2. The minimum atomic E-state index is 0.504. The predicted molar refractivity (Wildman–Crippen MR) is 186 cm³/mol. The first kappa shape index (κ1) is 24.9. The standard InChI is InChI=1S/C42H29NO/c1-3-10-30-24-32(17-16-28(30)8-1)33-18-19-35-27-37(23-21-34(35)25-33)43(36-22-20-29-9-2-4-11-31(29)26-36)39-13-7-15-41-42(39)38-12-5-6-14-40(38)44-41/h1-15,17-28H,16H2. The summed E-state index contributed by atoms with van der Waals surface area (Å²) < 4.78 is 6.31. The van der Waals surface area contributed by atoms with E-state index in [4.69, 9.17) is 4.42 Å². The van der Waals surface area contributed by atoms with E-state index >= 15 is 0 Å². The second-order valence-electron chi connectivity index (χ2n) is 11.8. The van der Waals surface area contributed by atoms with E-state index in [-0.39, 0.29) is 0 Å². The Morgan fingerprint density at radius 2 is 1.34 bits per heavy atom. The van der Waals surface area contributed by atoms with Crippen molar-refractivity contribution < 1.29 is 4.42 Å². The van der Waals surface area contributed by atoms with E-state index in [2.05, 4.69) is 151 Å². The number of rotatable bonds is 4. The van der Waals surface area contributed by atoms with Crippen LogP contribution in [-0.2, 0) is 0 Å². The summed E-state index contributed by atoms with van der Waals surface area (Å²) in [6.45, 7) is 0. The lowest BCUT2D eigenvalue weighted by Crippen LogP contribution is -2.10. The minimum Gasteiger partial charge on any atom is -0.456 e. The number of benzene rings is 6. The molecule has 2 aliphatic rings. The third kappa shape index (κ3) is 4.11. The lowest BCUT2D eigenvalue weighted by atomic mass is 9.84. The van der Waals surface area contributed by atoms with Crippen molar-refractivity contribution in [3.63, 3.8) is 0 Å². The average Bonchev–Trinajstić information content (AvgIpc) is 3.47. The Balaban J connectivity index is 1.20. The van der Waals surface area contributed by atoms with Gasteiger partial charge >= 0.3 is 0 Å². The van der Waals surface area contributed by atoms with Crippen LogP contribution in [0.2, 0.25) is 0 Å². The van der Waals surface area contributed by atoms with E-state index < -0.39 is 0 Å². The molecule has 1 aromatic heterocycles. The summed E-state index contributed by atoms with van der Waals surface area (Å²) in [6.07, 6.45) is 14.6. The van der Waals surface area contributed by atoms with Gasteiger partial charge in [-0.25, -0.2) is 0 Å². The van der Waals surface area contributed by atoms with Crippen LogP contribution in [-0.4, -0.2) is 0 Å². The van der Waals surface area contributed by atoms with Gasteiger partial charge in [-0.3, -0.25) is 0 Å². The fourth-order valence-electron chi connectivity index (χ4n) is 6.90. The van der Waals surface area contributed by atoms with Crippen LogP contribution >= 0.6 is 0 Å². The van der Waals surface area contributed by atoms with Crippen LogP contribution in [0.3, 0.4) is 0 Å². The van der Waals surface area contributed by atoms with Crippen molar-refractivity contribution in [1.82, 2.24) is 0 Å². The number of anilines is 3. The highest BCUT2D eigenvalue weighted by molar-refractivity contribution is 6.13. The molecule has 6 aromatic carbocycles. The zero-order valence-corrected chi connectivity index (χ0v) is 24.2. The Morgan fingerprint density at radius 3 is 2.25 bits per heavy atom. The van der Waals surface area contributed by atoms with Gasteiger partial charge in [0.25, 0.3) is 0 Å². The van der Waals surface area contributed by atoms with Gasteiger partial charge in [0.05, 0.1) is 11.1 Å². The van der Waals surface area contributed by atoms with Crippen molar-refractivity contribution in [1.29, 1.82) is 0 Å². The molecule has 9 rings (SSSR count). The van der Waals surface area contributed by atoms with Gasteiger partial charge in [0.2, 0.25) is 0 Å². The number of allylic oxidation sites excluding steroid dienone is 8. The number of fused-ring (bicyclic) bond motifs is 6. The molecule has 0 spiro atoms. The number of para-hydroxylation sites is 1. The third-order valence-corrected chi connectivity index (χ3v) is 9.11. The second kappa shape index (κ2) is 10.00. The topological polar surface area (TPSA) is 16.4 Å². The zero-order chi connectivity index (χ0) is 29.0. The molecule has 1 heterocycles. The number of furan rings is 1. The van der Waals surface area contributed by atoms with Crippen LogP contribution in [0.5, 0.6) is 0 Å². The second-order valence-corrected chi connectivity index (χ2v) is 11.8. The van der Waals surface area contributed by atoms with E-state index in [0.29, 0.717) is 5.92 Å². The van der Waals surface area contributed by atoms with Gasteiger partial charge in [-0.1, -0.05) is 109 Å². The minimum absolute atomic E-state index is 0.504. The molecule has 0 amide bonds. The highest BCUT2D eigenvalue weighted by Gasteiger charge is 2.20. The fourth-order valence-corrected chi connectivity index (χ4v) is 6.90. The van der Waals surface area contributed by atoms with E-state index in [0.717, 1.165) is 45.4 Å². The molecule has 1 unspecified atom stereocenters. The Bertz CT molecular complexity index is 2380. The van der Waals surface area contributed by atoms with Crippen LogP contribution < -0.4 is 4.90 Å². The number of nitrogens with zero attached hydrogens (tertiary/aromatic N) is 1. The quantitative estimate of drug-likeness (QED) is 0.212. The van der Waals surface area contributed by atoms with E-state index in [1.54, 1.807) is 0 Å². The Kier molecular flexibility index (Phi) is 5.67. The molecule has 7 aromatic rings. The van der Waals surface area contributed by atoms with Crippen LogP contribution in [0.4, 0.5) is 17.1 Å². The molecule has 0 N–H and O–H groups in total. The first-order valence-corrected chi connectivity index (χ1v) is 15.3. The van der Waals surface area contributed by atoms with E-state index in [1.807, 2.05) is 12.1 Å². The normalized spacial score (nSPS) is 16.0. The Morgan fingerprint density at radius 1 is 0.614 bits per heavy atom. The molecule has 2 heteroatoms. The van der Waals surface area contributed by atoms with Gasteiger partial charge in [0.1, 0.15) is 11.2 Å². The highest BCUT2D eigenvalue weighted by atomic mass is 16.3. The Labute approximate surface area is 256 Å². The SMILES string of the molecule is C1=CC2=CC(c3ccc4cc(N(c5ccc6ccccc6c5)c5cccc6oc7ccccc7c56)ccc4c3)=CCC2C=C1. The summed E-state index contributed by atoms with van der Waals surface area (Å²) in [5.41, 5.74) is 9.07. The van der Waals surface area contributed by atoms with Crippen molar-refractivity contribution in [2.45, 2.75) is 6.42 Å². The predicted octanol–water partition coefficient (Wildman–Crippen LogP) is 11.8. The first-order valence-electron chi connectivity index (χ1n) is 15.3. The molecule has 2 nitrogen and oxygen atoms in total. The summed E-state index contributed by atoms with van der Waals surface area (Å²) in [7, 11) is 0.